The summed E-state index contributed by atoms with van der Waals surface area (Å²) in [6.45, 7) is 9.89. The van der Waals surface area contributed by atoms with Crippen molar-refractivity contribution in [3.63, 3.8) is 0 Å². The van der Waals surface area contributed by atoms with E-state index in [0.717, 1.165) is 18.1 Å². The second-order valence-corrected chi connectivity index (χ2v) is 7.13. The van der Waals surface area contributed by atoms with E-state index in [1.54, 1.807) is 11.3 Å². The van der Waals surface area contributed by atoms with Crippen LogP contribution in [0, 0.1) is 11.8 Å². The van der Waals surface area contributed by atoms with Crippen LogP contribution < -0.4 is 5.32 Å². The van der Waals surface area contributed by atoms with Crippen LogP contribution in [0.15, 0.2) is 30.5 Å². The zero-order chi connectivity index (χ0) is 14.5. The van der Waals surface area contributed by atoms with E-state index >= 15 is 0 Å². The Hall–Kier alpha value is -1.35. The molecule has 1 aromatic carbocycles. The molecule has 0 amide bonds. The minimum Gasteiger partial charge on any atom is -0.361 e. The van der Waals surface area contributed by atoms with Gasteiger partial charge in [0.1, 0.15) is 0 Å². The van der Waals surface area contributed by atoms with Gasteiger partial charge in [0, 0.05) is 12.7 Å². The predicted molar refractivity (Wildman–Crippen MR) is 89.4 cm³/mol. The smallest absolute Gasteiger partial charge is 0.183 e. The van der Waals surface area contributed by atoms with E-state index in [-0.39, 0.29) is 0 Å². The van der Waals surface area contributed by atoms with Crippen molar-refractivity contribution < 1.29 is 0 Å². The number of nitrogens with one attached hydrogen (secondary N) is 1. The fourth-order valence-electron chi connectivity index (χ4n) is 2.06. The van der Waals surface area contributed by atoms with Gasteiger partial charge in [0.2, 0.25) is 0 Å². The highest BCUT2D eigenvalue weighted by Crippen LogP contribution is 2.29. The first kappa shape index (κ1) is 15.0. The van der Waals surface area contributed by atoms with Gasteiger partial charge in [-0.2, -0.15) is 0 Å². The second-order valence-electron chi connectivity index (χ2n) is 6.10. The Morgan fingerprint density at radius 1 is 1.05 bits per heavy atom. The summed E-state index contributed by atoms with van der Waals surface area (Å²) in [7, 11) is 0. The molecule has 20 heavy (non-hydrogen) atoms. The third kappa shape index (κ3) is 4.34. The normalized spacial score (nSPS) is 11.3. The Kier molecular flexibility index (Phi) is 5.18. The topological polar surface area (TPSA) is 24.9 Å². The molecule has 2 rings (SSSR count). The summed E-state index contributed by atoms with van der Waals surface area (Å²) in [6, 6.07) is 8.88. The van der Waals surface area contributed by atoms with E-state index in [0.29, 0.717) is 11.8 Å². The van der Waals surface area contributed by atoms with Crippen molar-refractivity contribution in [3.05, 3.63) is 36.0 Å². The highest BCUT2D eigenvalue weighted by molar-refractivity contribution is 7.18. The van der Waals surface area contributed by atoms with Crippen molar-refractivity contribution in [3.8, 4) is 10.4 Å². The molecule has 3 heteroatoms. The van der Waals surface area contributed by atoms with E-state index < -0.39 is 0 Å². The number of hydrogen-bond donors (Lipinski definition) is 1. The molecule has 0 atom stereocenters. The number of nitrogens with zero attached hydrogens (tertiary/aromatic N) is 1. The molecule has 0 aliphatic heterocycles. The van der Waals surface area contributed by atoms with Gasteiger partial charge >= 0.3 is 0 Å². The van der Waals surface area contributed by atoms with Gasteiger partial charge in [-0.15, -0.1) is 0 Å². The minimum atomic E-state index is 0.637. The van der Waals surface area contributed by atoms with Gasteiger partial charge in [0.15, 0.2) is 5.13 Å². The molecule has 1 N–H and O–H groups in total. The minimum absolute atomic E-state index is 0.637. The predicted octanol–water partition coefficient (Wildman–Crippen LogP) is 5.08. The lowest BCUT2D eigenvalue weighted by Crippen LogP contribution is -2.07. The summed E-state index contributed by atoms with van der Waals surface area (Å²) < 4.78 is 0. The van der Waals surface area contributed by atoms with Crippen LogP contribution >= 0.6 is 11.3 Å². The molecule has 108 valence electrons. The maximum atomic E-state index is 4.44. The van der Waals surface area contributed by atoms with Crippen LogP contribution in [0.3, 0.4) is 0 Å². The Balaban J connectivity index is 2.04. The number of hydrogen-bond acceptors (Lipinski definition) is 3. The highest BCUT2D eigenvalue weighted by atomic mass is 32.1. The van der Waals surface area contributed by atoms with Crippen LogP contribution in [0.5, 0.6) is 0 Å². The van der Waals surface area contributed by atoms with Crippen molar-refractivity contribution in [2.24, 2.45) is 11.8 Å². The molecule has 0 saturated carbocycles. The maximum absolute atomic E-state index is 4.44. The fourth-order valence-corrected chi connectivity index (χ4v) is 2.89. The summed E-state index contributed by atoms with van der Waals surface area (Å²) in [5.74, 6) is 1.34. The Morgan fingerprint density at radius 3 is 2.35 bits per heavy atom. The molecule has 1 aromatic heterocycles. The van der Waals surface area contributed by atoms with Gasteiger partial charge in [-0.25, -0.2) is 4.98 Å². The largest absolute Gasteiger partial charge is 0.361 e. The second kappa shape index (κ2) is 6.89. The number of anilines is 1. The SMILES string of the molecule is CC(C)CNc1ncc(-c2ccc(CC(C)C)cc2)s1. The van der Waals surface area contributed by atoms with E-state index in [1.807, 2.05) is 6.20 Å². The molecule has 0 aliphatic carbocycles. The van der Waals surface area contributed by atoms with Crippen LogP contribution in [-0.2, 0) is 6.42 Å². The first-order valence-electron chi connectivity index (χ1n) is 7.33. The molecule has 2 aromatic rings. The zero-order valence-corrected chi connectivity index (χ0v) is 13.6. The Morgan fingerprint density at radius 2 is 1.75 bits per heavy atom. The average Bonchev–Trinajstić information content (AvgIpc) is 2.85. The third-order valence-electron chi connectivity index (χ3n) is 3.05. The standard InChI is InChI=1S/C17H24N2S/c1-12(2)9-14-5-7-15(8-6-14)16-11-19-17(20-16)18-10-13(3)4/h5-8,11-13H,9-10H2,1-4H3,(H,18,19). The molecular formula is C17H24N2S. The number of rotatable bonds is 6. The van der Waals surface area contributed by atoms with Crippen molar-refractivity contribution in [2.45, 2.75) is 34.1 Å². The van der Waals surface area contributed by atoms with E-state index in [1.165, 1.54) is 16.0 Å². The van der Waals surface area contributed by atoms with Gasteiger partial charge in [-0.3, -0.25) is 0 Å². The summed E-state index contributed by atoms with van der Waals surface area (Å²) in [5, 5.41) is 4.39. The van der Waals surface area contributed by atoms with E-state index in [4.69, 9.17) is 0 Å². The number of thiazole rings is 1. The molecule has 0 bridgehead atoms. The molecule has 1 heterocycles. The molecule has 0 fully saturated rings. The van der Waals surface area contributed by atoms with Crippen LogP contribution in [-0.4, -0.2) is 11.5 Å². The molecule has 0 saturated heterocycles. The maximum Gasteiger partial charge on any atom is 0.183 e. The van der Waals surface area contributed by atoms with Crippen LogP contribution in [0.1, 0.15) is 33.3 Å². The van der Waals surface area contributed by atoms with Gasteiger partial charge in [-0.05, 0) is 29.4 Å². The fraction of sp³-hybridized carbons (Fsp3) is 0.471. The molecule has 0 aliphatic rings. The summed E-state index contributed by atoms with van der Waals surface area (Å²) in [5.41, 5.74) is 2.67. The van der Waals surface area contributed by atoms with E-state index in [9.17, 15) is 0 Å². The molecular weight excluding hydrogens is 264 g/mol. The number of benzene rings is 1. The van der Waals surface area contributed by atoms with Crippen LogP contribution in [0.25, 0.3) is 10.4 Å². The zero-order valence-electron chi connectivity index (χ0n) is 12.8. The number of aromatic nitrogens is 1. The lowest BCUT2D eigenvalue weighted by Gasteiger charge is -2.05. The summed E-state index contributed by atoms with van der Waals surface area (Å²) >= 11 is 1.73. The third-order valence-corrected chi connectivity index (χ3v) is 4.05. The van der Waals surface area contributed by atoms with Crippen molar-refractivity contribution in [1.82, 2.24) is 4.98 Å². The summed E-state index contributed by atoms with van der Waals surface area (Å²) in [4.78, 5) is 5.67. The van der Waals surface area contributed by atoms with Gasteiger partial charge < -0.3 is 5.32 Å². The molecule has 2 nitrogen and oxygen atoms in total. The van der Waals surface area contributed by atoms with Crippen LogP contribution in [0.4, 0.5) is 5.13 Å². The average molecular weight is 288 g/mol. The Labute approximate surface area is 126 Å². The first-order chi connectivity index (χ1) is 9.54. The van der Waals surface area contributed by atoms with Crippen molar-refractivity contribution in [1.29, 1.82) is 0 Å². The van der Waals surface area contributed by atoms with Crippen molar-refractivity contribution >= 4 is 16.5 Å². The molecule has 0 spiro atoms. The first-order valence-corrected chi connectivity index (χ1v) is 8.15. The lowest BCUT2D eigenvalue weighted by atomic mass is 10.0. The van der Waals surface area contributed by atoms with E-state index in [2.05, 4.69) is 62.3 Å². The monoisotopic (exact) mass is 288 g/mol. The van der Waals surface area contributed by atoms with Crippen molar-refractivity contribution in [2.75, 3.05) is 11.9 Å². The van der Waals surface area contributed by atoms with Crippen LogP contribution in [0.2, 0.25) is 0 Å². The molecule has 0 radical (unpaired) electrons. The quantitative estimate of drug-likeness (QED) is 0.802. The summed E-state index contributed by atoms with van der Waals surface area (Å²) in [6.07, 6.45) is 3.11. The Bertz CT molecular complexity index is 526. The van der Waals surface area contributed by atoms with Gasteiger partial charge in [0.05, 0.1) is 4.88 Å². The highest BCUT2D eigenvalue weighted by Gasteiger charge is 2.05. The van der Waals surface area contributed by atoms with Gasteiger partial charge in [-0.1, -0.05) is 63.3 Å². The lowest BCUT2D eigenvalue weighted by molar-refractivity contribution is 0.647. The van der Waals surface area contributed by atoms with Gasteiger partial charge in [0.25, 0.3) is 0 Å². The molecule has 0 unspecified atom stereocenters.